The van der Waals surface area contributed by atoms with Crippen LogP contribution in [0.3, 0.4) is 0 Å². The Morgan fingerprint density at radius 3 is 2.69 bits per heavy atom. The molecule has 1 fully saturated rings. The summed E-state index contributed by atoms with van der Waals surface area (Å²) in [5.41, 5.74) is 0.685. The van der Waals surface area contributed by atoms with Gasteiger partial charge in [0, 0.05) is 13.1 Å². The number of amides is 1. The fraction of sp³-hybridized carbons (Fsp3) is 0.300. The smallest absolute Gasteiger partial charge is 0.370 e. The molecule has 1 aromatic carbocycles. The first-order chi connectivity index (χ1) is 13.9. The van der Waals surface area contributed by atoms with Crippen molar-refractivity contribution in [3.8, 4) is 10.6 Å². The van der Waals surface area contributed by atoms with Crippen LogP contribution in [0, 0.1) is 0 Å². The highest BCUT2D eigenvalue weighted by atomic mass is 32.1. The average molecular weight is 420 g/mol. The van der Waals surface area contributed by atoms with E-state index in [2.05, 4.69) is 15.5 Å². The summed E-state index contributed by atoms with van der Waals surface area (Å²) in [5.74, 6) is -0.537. The molecule has 1 aliphatic rings. The SMILES string of the molecule is O=C(NCc1cc(-c2cccs2)n[nH]1)c1cccc(C(F)(F)F)c1N1CCCC1. The molecule has 1 amide bonds. The maximum absolute atomic E-state index is 13.6. The van der Waals surface area contributed by atoms with Crippen LogP contribution in [0.1, 0.15) is 34.5 Å². The predicted molar refractivity (Wildman–Crippen MR) is 106 cm³/mol. The number of para-hydroxylation sites is 1. The molecule has 5 nitrogen and oxygen atoms in total. The summed E-state index contributed by atoms with van der Waals surface area (Å²) in [6, 6.07) is 9.44. The summed E-state index contributed by atoms with van der Waals surface area (Å²) in [6.07, 6.45) is -2.90. The Balaban J connectivity index is 1.55. The van der Waals surface area contributed by atoms with Gasteiger partial charge in [0.1, 0.15) is 5.69 Å². The molecular formula is C20H19F3N4OS. The highest BCUT2D eigenvalue weighted by Crippen LogP contribution is 2.39. The number of hydrogen-bond donors (Lipinski definition) is 2. The Kier molecular flexibility index (Phi) is 5.31. The number of halogens is 3. The molecule has 9 heteroatoms. The zero-order valence-corrected chi connectivity index (χ0v) is 16.2. The molecule has 152 valence electrons. The zero-order chi connectivity index (χ0) is 20.4. The fourth-order valence-corrected chi connectivity index (χ4v) is 4.20. The maximum atomic E-state index is 13.6. The van der Waals surface area contributed by atoms with Gasteiger partial charge in [-0.25, -0.2) is 0 Å². The molecule has 0 radical (unpaired) electrons. The predicted octanol–water partition coefficient (Wildman–Crippen LogP) is 4.69. The van der Waals surface area contributed by atoms with Gasteiger partial charge in [0.25, 0.3) is 5.91 Å². The summed E-state index contributed by atoms with van der Waals surface area (Å²) < 4.78 is 40.7. The van der Waals surface area contributed by atoms with E-state index in [0.717, 1.165) is 29.5 Å². The van der Waals surface area contributed by atoms with Crippen LogP contribution in [-0.4, -0.2) is 29.2 Å². The lowest BCUT2D eigenvalue weighted by Crippen LogP contribution is -2.29. The first-order valence-corrected chi connectivity index (χ1v) is 10.1. The summed E-state index contributed by atoms with van der Waals surface area (Å²) in [5, 5.41) is 11.7. The third kappa shape index (κ3) is 4.14. The van der Waals surface area contributed by atoms with E-state index < -0.39 is 17.6 Å². The first kappa shape index (κ1) is 19.5. The average Bonchev–Trinajstić information content (AvgIpc) is 3.47. The van der Waals surface area contributed by atoms with Crippen molar-refractivity contribution in [2.24, 2.45) is 0 Å². The van der Waals surface area contributed by atoms with E-state index in [0.29, 0.717) is 18.8 Å². The van der Waals surface area contributed by atoms with Crippen LogP contribution in [0.4, 0.5) is 18.9 Å². The third-order valence-electron chi connectivity index (χ3n) is 4.85. The van der Waals surface area contributed by atoms with Gasteiger partial charge in [-0.3, -0.25) is 9.89 Å². The monoisotopic (exact) mass is 420 g/mol. The first-order valence-electron chi connectivity index (χ1n) is 9.25. The Hall–Kier alpha value is -2.81. The van der Waals surface area contributed by atoms with E-state index in [1.807, 2.05) is 23.6 Å². The highest BCUT2D eigenvalue weighted by Gasteiger charge is 2.37. The van der Waals surface area contributed by atoms with Gasteiger partial charge in [0.2, 0.25) is 0 Å². The Bertz CT molecular complexity index is 992. The largest absolute Gasteiger partial charge is 0.418 e. The van der Waals surface area contributed by atoms with E-state index in [1.54, 1.807) is 16.2 Å². The van der Waals surface area contributed by atoms with Crippen LogP contribution in [0.5, 0.6) is 0 Å². The van der Waals surface area contributed by atoms with Crippen molar-refractivity contribution in [3.05, 3.63) is 58.6 Å². The topological polar surface area (TPSA) is 61.0 Å². The van der Waals surface area contributed by atoms with Gasteiger partial charge in [-0.15, -0.1) is 11.3 Å². The van der Waals surface area contributed by atoms with E-state index in [9.17, 15) is 18.0 Å². The number of rotatable bonds is 5. The normalized spacial score (nSPS) is 14.4. The second kappa shape index (κ2) is 7.90. The molecular weight excluding hydrogens is 401 g/mol. The molecule has 0 saturated carbocycles. The van der Waals surface area contributed by atoms with Gasteiger partial charge in [-0.2, -0.15) is 18.3 Å². The minimum absolute atomic E-state index is 0.0288. The van der Waals surface area contributed by atoms with E-state index >= 15 is 0 Å². The number of H-pyrrole nitrogens is 1. The van der Waals surface area contributed by atoms with Crippen molar-refractivity contribution in [1.82, 2.24) is 15.5 Å². The molecule has 0 bridgehead atoms. The number of nitrogens with zero attached hydrogens (tertiary/aromatic N) is 2. The van der Waals surface area contributed by atoms with Crippen LogP contribution in [0.15, 0.2) is 41.8 Å². The number of benzene rings is 1. The fourth-order valence-electron chi connectivity index (χ4n) is 3.51. The molecule has 0 aliphatic carbocycles. The van der Waals surface area contributed by atoms with Crippen LogP contribution < -0.4 is 10.2 Å². The molecule has 29 heavy (non-hydrogen) atoms. The number of carbonyl (C=O) groups excluding carboxylic acids is 1. The minimum atomic E-state index is -4.52. The number of carbonyl (C=O) groups is 1. The van der Waals surface area contributed by atoms with Gasteiger partial charge < -0.3 is 10.2 Å². The summed E-state index contributed by atoms with van der Waals surface area (Å²) in [7, 11) is 0. The maximum Gasteiger partial charge on any atom is 0.418 e. The van der Waals surface area contributed by atoms with Gasteiger partial charge >= 0.3 is 6.18 Å². The standard InChI is InChI=1S/C20H19F3N4OS/c21-20(22,23)15-6-3-5-14(18(15)27-8-1-2-9-27)19(28)24-12-13-11-16(26-25-13)17-7-4-10-29-17/h3-7,10-11H,1-2,8-9,12H2,(H,24,28)(H,25,26). The zero-order valence-electron chi connectivity index (χ0n) is 15.4. The Morgan fingerprint density at radius 1 is 1.21 bits per heavy atom. The van der Waals surface area contributed by atoms with Crippen molar-refractivity contribution in [1.29, 1.82) is 0 Å². The number of hydrogen-bond acceptors (Lipinski definition) is 4. The van der Waals surface area contributed by atoms with Crippen LogP contribution >= 0.6 is 11.3 Å². The van der Waals surface area contributed by atoms with Gasteiger partial charge in [-0.1, -0.05) is 12.1 Å². The molecule has 0 atom stereocenters. The number of aromatic nitrogens is 2. The molecule has 3 heterocycles. The molecule has 2 aromatic heterocycles. The minimum Gasteiger partial charge on any atom is -0.370 e. The second-order valence-corrected chi connectivity index (χ2v) is 7.78. The number of thiophene rings is 1. The molecule has 2 N–H and O–H groups in total. The Morgan fingerprint density at radius 2 is 2.00 bits per heavy atom. The molecule has 0 spiro atoms. The number of alkyl halides is 3. The van der Waals surface area contributed by atoms with Crippen molar-refractivity contribution in [2.45, 2.75) is 25.6 Å². The van der Waals surface area contributed by atoms with Crippen molar-refractivity contribution in [3.63, 3.8) is 0 Å². The highest BCUT2D eigenvalue weighted by molar-refractivity contribution is 7.13. The van der Waals surface area contributed by atoms with E-state index in [4.69, 9.17) is 0 Å². The second-order valence-electron chi connectivity index (χ2n) is 6.83. The van der Waals surface area contributed by atoms with Crippen LogP contribution in [0.2, 0.25) is 0 Å². The van der Waals surface area contributed by atoms with E-state index in [-0.39, 0.29) is 17.8 Å². The van der Waals surface area contributed by atoms with E-state index in [1.165, 1.54) is 12.1 Å². The lowest BCUT2D eigenvalue weighted by atomic mass is 10.0. The van der Waals surface area contributed by atoms with Gasteiger partial charge in [-0.05, 0) is 42.5 Å². The quantitative estimate of drug-likeness (QED) is 0.630. The third-order valence-corrected chi connectivity index (χ3v) is 5.74. The molecule has 1 aliphatic heterocycles. The summed E-state index contributed by atoms with van der Waals surface area (Å²) >= 11 is 1.55. The number of aromatic amines is 1. The van der Waals surface area contributed by atoms with Crippen molar-refractivity contribution in [2.75, 3.05) is 18.0 Å². The van der Waals surface area contributed by atoms with Gasteiger partial charge in [0.05, 0.1) is 33.9 Å². The molecule has 1 saturated heterocycles. The Labute approximate surface area is 169 Å². The summed E-state index contributed by atoms with van der Waals surface area (Å²) in [4.78, 5) is 15.4. The lowest BCUT2D eigenvalue weighted by Gasteiger charge is -2.25. The number of anilines is 1. The van der Waals surface area contributed by atoms with Crippen molar-refractivity contribution < 1.29 is 18.0 Å². The lowest BCUT2D eigenvalue weighted by molar-refractivity contribution is -0.137. The van der Waals surface area contributed by atoms with Crippen LogP contribution in [0.25, 0.3) is 10.6 Å². The van der Waals surface area contributed by atoms with Crippen LogP contribution in [-0.2, 0) is 12.7 Å². The molecule has 0 unspecified atom stereocenters. The molecule has 3 aromatic rings. The number of nitrogens with one attached hydrogen (secondary N) is 2. The van der Waals surface area contributed by atoms with Crippen molar-refractivity contribution >= 4 is 22.9 Å². The van der Waals surface area contributed by atoms with Gasteiger partial charge in [0.15, 0.2) is 0 Å². The molecule has 4 rings (SSSR count). The summed E-state index contributed by atoms with van der Waals surface area (Å²) in [6.45, 7) is 1.17.